The maximum absolute atomic E-state index is 13.2. The van der Waals surface area contributed by atoms with Gasteiger partial charge in [0.1, 0.15) is 0 Å². The topological polar surface area (TPSA) is 127 Å². The Labute approximate surface area is 293 Å². The lowest BCUT2D eigenvalue weighted by Crippen LogP contribution is -2.40. The van der Waals surface area contributed by atoms with E-state index in [4.69, 9.17) is 23.7 Å². The summed E-state index contributed by atoms with van der Waals surface area (Å²) in [6, 6.07) is 13.8. The zero-order valence-corrected chi connectivity index (χ0v) is 30.7. The second kappa shape index (κ2) is 20.7. The van der Waals surface area contributed by atoms with E-state index >= 15 is 0 Å². The molecule has 0 aliphatic carbocycles. The van der Waals surface area contributed by atoms with Crippen LogP contribution in [-0.2, 0) is 43.7 Å². The monoisotopic (exact) mass is 726 g/mol. The smallest absolute Gasteiger partial charge is 0.243 e. The van der Waals surface area contributed by atoms with Crippen molar-refractivity contribution in [3.05, 3.63) is 59.7 Å². The van der Waals surface area contributed by atoms with Crippen LogP contribution in [0.3, 0.4) is 0 Å². The predicted octanol–water partition coefficient (Wildman–Crippen LogP) is 1.70. The van der Waals surface area contributed by atoms with Crippen LogP contribution in [0.25, 0.3) is 0 Å². The molecule has 2 fully saturated rings. The molecule has 0 radical (unpaired) electrons. The van der Waals surface area contributed by atoms with Gasteiger partial charge in [0.15, 0.2) is 0 Å². The summed E-state index contributed by atoms with van der Waals surface area (Å²) in [6.07, 6.45) is 0. The van der Waals surface area contributed by atoms with Crippen molar-refractivity contribution >= 4 is 20.0 Å². The molecule has 0 bridgehead atoms. The van der Waals surface area contributed by atoms with Gasteiger partial charge in [-0.3, -0.25) is 9.80 Å². The fraction of sp³-hybridized carbons (Fsp3) is 0.647. The molecule has 2 aromatic rings. The van der Waals surface area contributed by atoms with Crippen molar-refractivity contribution in [1.82, 2.24) is 18.4 Å². The van der Waals surface area contributed by atoms with Gasteiger partial charge < -0.3 is 23.7 Å². The average Bonchev–Trinajstić information content (AvgIpc) is 3.06. The van der Waals surface area contributed by atoms with Gasteiger partial charge in [-0.15, -0.1) is 0 Å². The quantitative estimate of drug-likeness (QED) is 0.332. The van der Waals surface area contributed by atoms with Crippen LogP contribution < -0.4 is 0 Å². The van der Waals surface area contributed by atoms with Crippen LogP contribution in [0.15, 0.2) is 58.3 Å². The second-order valence-corrected chi connectivity index (χ2v) is 16.1. The highest BCUT2D eigenvalue weighted by Gasteiger charge is 2.26. The molecule has 276 valence electrons. The Hall–Kier alpha value is -2.02. The molecule has 2 heterocycles. The highest BCUT2D eigenvalue weighted by atomic mass is 32.2. The van der Waals surface area contributed by atoms with E-state index in [1.54, 1.807) is 48.5 Å². The summed E-state index contributed by atoms with van der Waals surface area (Å²) in [4.78, 5) is 5.04. The number of ether oxygens (including phenoxy) is 5. The Bertz CT molecular complexity index is 1310. The summed E-state index contributed by atoms with van der Waals surface area (Å²) in [6.45, 7) is 13.5. The minimum atomic E-state index is -3.62. The Kier molecular flexibility index (Phi) is 16.8. The first-order valence-corrected chi connectivity index (χ1v) is 20.0. The molecule has 0 atom stereocenters. The molecular weight excluding hydrogens is 673 g/mol. The SMILES string of the molecule is Cc1ccc(S(=O)(=O)N2CCOCCN(CCOCCN3CCOCCN(S(=O)(=O)c4ccc(C)cc4)CCOCC3)CCOCC2)cc1. The summed E-state index contributed by atoms with van der Waals surface area (Å²) >= 11 is 0. The first-order chi connectivity index (χ1) is 23.7. The standard InChI is InChI=1S/C34H54N4O9S2/c1-31-3-7-33(8-4-31)48(39,40)37-17-27-44-23-13-35(14-24-45-28-18-37)11-21-43-22-12-36-15-25-46-29-19-38(20-30-47-26-16-36)49(41,42)34-9-5-32(2)6-10-34/h3-10H,11-30H2,1-2H3. The molecule has 49 heavy (non-hydrogen) atoms. The van der Waals surface area contributed by atoms with Gasteiger partial charge in [-0.25, -0.2) is 16.8 Å². The molecule has 0 N–H and O–H groups in total. The van der Waals surface area contributed by atoms with Crippen LogP contribution in [0.2, 0.25) is 0 Å². The number of benzene rings is 2. The van der Waals surface area contributed by atoms with Crippen molar-refractivity contribution in [2.75, 3.05) is 132 Å². The van der Waals surface area contributed by atoms with Crippen LogP contribution in [0.1, 0.15) is 11.1 Å². The highest BCUT2D eigenvalue weighted by molar-refractivity contribution is 7.89. The van der Waals surface area contributed by atoms with E-state index in [0.717, 1.165) is 24.2 Å². The predicted molar refractivity (Wildman–Crippen MR) is 187 cm³/mol. The lowest BCUT2D eigenvalue weighted by Gasteiger charge is -2.27. The summed E-state index contributed by atoms with van der Waals surface area (Å²) in [5.41, 5.74) is 2.02. The normalized spacial score (nSPS) is 20.4. The number of hydrogen-bond acceptors (Lipinski definition) is 11. The molecule has 0 amide bonds. The fourth-order valence-corrected chi connectivity index (χ4v) is 8.25. The van der Waals surface area contributed by atoms with Crippen molar-refractivity contribution in [3.63, 3.8) is 0 Å². The highest BCUT2D eigenvalue weighted by Crippen LogP contribution is 2.18. The summed E-state index contributed by atoms with van der Waals surface area (Å²) < 4.78 is 84.9. The molecule has 2 aliphatic heterocycles. The van der Waals surface area contributed by atoms with Crippen LogP contribution in [0.4, 0.5) is 0 Å². The molecule has 2 aliphatic rings. The third-order valence-electron chi connectivity index (χ3n) is 8.57. The maximum Gasteiger partial charge on any atom is 0.243 e. The third kappa shape index (κ3) is 13.2. The van der Waals surface area contributed by atoms with Gasteiger partial charge in [0, 0.05) is 65.4 Å². The molecular formula is C34H54N4O9S2. The number of sulfonamides is 2. The Morgan fingerprint density at radius 3 is 1.08 bits per heavy atom. The molecule has 2 aromatic carbocycles. The first kappa shape index (κ1) is 39.8. The molecule has 0 spiro atoms. The molecule has 0 unspecified atom stereocenters. The second-order valence-electron chi connectivity index (χ2n) is 12.2. The number of rotatable bonds is 10. The van der Waals surface area contributed by atoms with Gasteiger partial charge in [0.25, 0.3) is 0 Å². The van der Waals surface area contributed by atoms with Crippen LogP contribution >= 0.6 is 0 Å². The summed E-state index contributed by atoms with van der Waals surface area (Å²) in [5.74, 6) is 0. The van der Waals surface area contributed by atoms with E-state index in [0.29, 0.717) is 92.2 Å². The van der Waals surface area contributed by atoms with Crippen molar-refractivity contribution < 1.29 is 40.5 Å². The van der Waals surface area contributed by atoms with Crippen molar-refractivity contribution in [1.29, 1.82) is 0 Å². The summed E-state index contributed by atoms with van der Waals surface area (Å²) in [5, 5.41) is 0. The van der Waals surface area contributed by atoms with E-state index in [1.165, 1.54) is 8.61 Å². The zero-order valence-electron chi connectivity index (χ0n) is 29.0. The Balaban J connectivity index is 1.12. The van der Waals surface area contributed by atoms with E-state index < -0.39 is 20.0 Å². The van der Waals surface area contributed by atoms with Gasteiger partial charge >= 0.3 is 0 Å². The van der Waals surface area contributed by atoms with E-state index in [2.05, 4.69) is 9.80 Å². The lowest BCUT2D eigenvalue weighted by molar-refractivity contribution is 0.0261. The lowest BCUT2D eigenvalue weighted by atomic mass is 10.2. The van der Waals surface area contributed by atoms with E-state index in [-0.39, 0.29) is 36.0 Å². The Morgan fingerprint density at radius 1 is 0.490 bits per heavy atom. The van der Waals surface area contributed by atoms with Gasteiger partial charge in [-0.05, 0) is 38.1 Å². The molecule has 0 aromatic heterocycles. The average molecular weight is 727 g/mol. The molecule has 15 heteroatoms. The first-order valence-electron chi connectivity index (χ1n) is 17.1. The van der Waals surface area contributed by atoms with Crippen molar-refractivity contribution in [2.24, 2.45) is 0 Å². The number of nitrogens with zero attached hydrogens (tertiary/aromatic N) is 4. The third-order valence-corrected chi connectivity index (χ3v) is 12.4. The minimum Gasteiger partial charge on any atom is -0.379 e. The van der Waals surface area contributed by atoms with Crippen LogP contribution in [0, 0.1) is 13.8 Å². The van der Waals surface area contributed by atoms with Crippen LogP contribution in [0.5, 0.6) is 0 Å². The minimum absolute atomic E-state index is 0.267. The maximum atomic E-state index is 13.2. The Morgan fingerprint density at radius 2 is 0.776 bits per heavy atom. The number of hydrogen-bond donors (Lipinski definition) is 0. The largest absolute Gasteiger partial charge is 0.379 e. The van der Waals surface area contributed by atoms with Gasteiger partial charge in [-0.1, -0.05) is 35.4 Å². The number of aryl methyl sites for hydroxylation is 2. The van der Waals surface area contributed by atoms with Gasteiger partial charge in [0.2, 0.25) is 20.0 Å². The van der Waals surface area contributed by atoms with Gasteiger partial charge in [0.05, 0.1) is 75.9 Å². The van der Waals surface area contributed by atoms with Crippen molar-refractivity contribution in [2.45, 2.75) is 23.6 Å². The van der Waals surface area contributed by atoms with Crippen molar-refractivity contribution in [3.8, 4) is 0 Å². The van der Waals surface area contributed by atoms with E-state index in [1.807, 2.05) is 13.8 Å². The van der Waals surface area contributed by atoms with Gasteiger partial charge in [-0.2, -0.15) is 8.61 Å². The summed E-state index contributed by atoms with van der Waals surface area (Å²) in [7, 11) is -7.25. The molecule has 13 nitrogen and oxygen atoms in total. The molecule has 4 rings (SSSR count). The van der Waals surface area contributed by atoms with Crippen LogP contribution in [-0.4, -0.2) is 167 Å². The van der Waals surface area contributed by atoms with E-state index in [9.17, 15) is 16.8 Å². The molecule has 0 saturated carbocycles. The molecule has 2 saturated heterocycles. The fourth-order valence-electron chi connectivity index (χ4n) is 5.43. The zero-order chi connectivity index (χ0) is 35.0.